The van der Waals surface area contributed by atoms with Gasteiger partial charge in [-0.15, -0.1) is 4.91 Å². The molecule has 0 unspecified atom stereocenters. The molecule has 1 fully saturated rings. The molecule has 1 saturated heterocycles. The Morgan fingerprint density at radius 3 is 2.35 bits per heavy atom. The highest BCUT2D eigenvalue weighted by Gasteiger charge is 2.29. The summed E-state index contributed by atoms with van der Waals surface area (Å²) in [6.07, 6.45) is 1.14. The van der Waals surface area contributed by atoms with Crippen LogP contribution in [0, 0.1) is 4.91 Å². The van der Waals surface area contributed by atoms with Crippen molar-refractivity contribution in [2.45, 2.75) is 23.8 Å². The number of rotatable bonds is 5. The summed E-state index contributed by atoms with van der Waals surface area (Å²) in [5.41, 5.74) is 2.44. The van der Waals surface area contributed by atoms with E-state index in [1.807, 2.05) is 0 Å². The molecular weight excluding hydrogens is 282 g/mol. The average Bonchev–Trinajstić information content (AvgIpc) is 2.48. The fourth-order valence-electron chi connectivity index (χ4n) is 2.20. The Morgan fingerprint density at radius 2 is 1.85 bits per heavy atom. The minimum Gasteiger partial charge on any atom is -0.497 e. The normalized spacial score (nSPS) is 17.6. The number of nitroso groups, excluding NO2 is 1. The molecule has 1 N–H and O–H groups in total. The number of methoxy groups -OCH3 is 1. The highest BCUT2D eigenvalue weighted by atomic mass is 32.2. The van der Waals surface area contributed by atoms with Gasteiger partial charge in [0.2, 0.25) is 10.0 Å². The maximum absolute atomic E-state index is 12.4. The minimum absolute atomic E-state index is 0.0465. The quantitative estimate of drug-likeness (QED) is 0.650. The lowest BCUT2D eigenvalue weighted by Crippen LogP contribution is -2.43. The Hall–Kier alpha value is -1.67. The van der Waals surface area contributed by atoms with Crippen molar-refractivity contribution in [1.82, 2.24) is 9.73 Å². The van der Waals surface area contributed by atoms with Crippen LogP contribution in [0.3, 0.4) is 0 Å². The summed E-state index contributed by atoms with van der Waals surface area (Å²) in [7, 11) is -1.95. The standard InChI is InChI=1S/C12H17N3O4S/c1-19-11-2-4-12(5-3-11)20(17,18)15-8-6-10(7-9-15)13-14-16/h2-5,10H,6-9H2,1H3,(H,13,16). The number of hydrogen-bond acceptors (Lipinski definition) is 5. The first-order valence-electron chi connectivity index (χ1n) is 6.30. The Labute approximate surface area is 117 Å². The van der Waals surface area contributed by atoms with E-state index < -0.39 is 10.0 Å². The molecule has 1 aliphatic heterocycles. The maximum atomic E-state index is 12.4. The van der Waals surface area contributed by atoms with Gasteiger partial charge in [-0.3, -0.25) is 5.43 Å². The summed E-state index contributed by atoms with van der Waals surface area (Å²) in [5.74, 6) is 0.615. The van der Waals surface area contributed by atoms with Gasteiger partial charge in [0.25, 0.3) is 0 Å². The molecule has 1 aromatic carbocycles. The number of nitrogens with one attached hydrogen (secondary N) is 1. The Kier molecular flexibility index (Phi) is 4.56. The van der Waals surface area contributed by atoms with Gasteiger partial charge in [0.05, 0.1) is 12.0 Å². The number of benzene rings is 1. The highest BCUT2D eigenvalue weighted by molar-refractivity contribution is 7.89. The number of nitrogens with zero attached hydrogens (tertiary/aromatic N) is 2. The fraction of sp³-hybridized carbons (Fsp3) is 0.500. The summed E-state index contributed by atoms with van der Waals surface area (Å²) in [5, 5.41) is 2.64. The van der Waals surface area contributed by atoms with E-state index in [1.54, 1.807) is 12.1 Å². The van der Waals surface area contributed by atoms with Crippen molar-refractivity contribution in [3.63, 3.8) is 0 Å². The average molecular weight is 299 g/mol. The topological polar surface area (TPSA) is 88.1 Å². The molecule has 1 heterocycles. The van der Waals surface area contributed by atoms with E-state index in [4.69, 9.17) is 4.74 Å². The van der Waals surface area contributed by atoms with Crippen LogP contribution in [0.1, 0.15) is 12.8 Å². The Balaban J connectivity index is 2.08. The molecule has 1 aliphatic rings. The van der Waals surface area contributed by atoms with E-state index in [0.717, 1.165) is 0 Å². The Bertz CT molecular complexity index is 551. The van der Waals surface area contributed by atoms with E-state index in [9.17, 15) is 13.3 Å². The number of piperidine rings is 1. The molecule has 0 bridgehead atoms. The van der Waals surface area contributed by atoms with E-state index in [2.05, 4.69) is 10.7 Å². The Morgan fingerprint density at radius 1 is 1.25 bits per heavy atom. The van der Waals surface area contributed by atoms with E-state index >= 15 is 0 Å². The molecule has 0 amide bonds. The molecule has 0 atom stereocenters. The van der Waals surface area contributed by atoms with Gasteiger partial charge in [-0.2, -0.15) is 4.31 Å². The first kappa shape index (κ1) is 14.7. The summed E-state index contributed by atoms with van der Waals surface area (Å²) in [6, 6.07) is 6.27. The SMILES string of the molecule is COc1ccc(S(=O)(=O)N2CCC(NN=O)CC2)cc1. The third-order valence-corrected chi connectivity index (χ3v) is 5.30. The molecule has 2 rings (SSSR count). The van der Waals surface area contributed by atoms with Crippen molar-refractivity contribution < 1.29 is 13.2 Å². The molecule has 0 aliphatic carbocycles. The van der Waals surface area contributed by atoms with Crippen LogP contribution in [0.2, 0.25) is 0 Å². The highest BCUT2D eigenvalue weighted by Crippen LogP contribution is 2.22. The van der Waals surface area contributed by atoms with Crippen LogP contribution in [-0.2, 0) is 10.0 Å². The van der Waals surface area contributed by atoms with Crippen LogP contribution in [-0.4, -0.2) is 39.0 Å². The minimum atomic E-state index is -3.48. The van der Waals surface area contributed by atoms with Crippen LogP contribution in [0.15, 0.2) is 34.4 Å². The molecule has 0 radical (unpaired) electrons. The number of hydrogen-bond donors (Lipinski definition) is 1. The van der Waals surface area contributed by atoms with Gasteiger partial charge < -0.3 is 4.74 Å². The third-order valence-electron chi connectivity index (χ3n) is 3.39. The number of ether oxygens (including phenoxy) is 1. The van der Waals surface area contributed by atoms with Gasteiger partial charge >= 0.3 is 0 Å². The maximum Gasteiger partial charge on any atom is 0.243 e. The van der Waals surface area contributed by atoms with Crippen molar-refractivity contribution >= 4 is 10.0 Å². The van der Waals surface area contributed by atoms with E-state index in [-0.39, 0.29) is 10.9 Å². The largest absolute Gasteiger partial charge is 0.497 e. The summed E-state index contributed by atoms with van der Waals surface area (Å²) in [6.45, 7) is 0.753. The lowest BCUT2D eigenvalue weighted by Gasteiger charge is -2.30. The van der Waals surface area contributed by atoms with Crippen molar-refractivity contribution in [3.05, 3.63) is 29.2 Å². The van der Waals surface area contributed by atoms with Gasteiger partial charge in [0.1, 0.15) is 5.75 Å². The smallest absolute Gasteiger partial charge is 0.243 e. The molecule has 0 spiro atoms. The van der Waals surface area contributed by atoms with Crippen LogP contribution >= 0.6 is 0 Å². The van der Waals surface area contributed by atoms with Crippen molar-refractivity contribution in [2.75, 3.05) is 20.2 Å². The third kappa shape index (κ3) is 3.07. The molecule has 0 saturated carbocycles. The predicted octanol–water partition coefficient (Wildman–Crippen LogP) is 1.12. The fourth-order valence-corrected chi connectivity index (χ4v) is 3.67. The van der Waals surface area contributed by atoms with E-state index in [1.165, 1.54) is 23.5 Å². The summed E-state index contributed by atoms with van der Waals surface area (Å²) < 4.78 is 31.3. The molecule has 8 heteroatoms. The lowest BCUT2D eigenvalue weighted by molar-refractivity contribution is 0.291. The van der Waals surface area contributed by atoms with Gasteiger partial charge in [-0.25, -0.2) is 8.42 Å². The lowest BCUT2D eigenvalue weighted by atomic mass is 10.1. The van der Waals surface area contributed by atoms with Crippen LogP contribution in [0.4, 0.5) is 0 Å². The summed E-state index contributed by atoms with van der Waals surface area (Å²) >= 11 is 0. The van der Waals surface area contributed by atoms with Gasteiger partial charge in [-0.05, 0) is 37.1 Å². The van der Waals surface area contributed by atoms with Crippen molar-refractivity contribution in [3.8, 4) is 5.75 Å². The van der Waals surface area contributed by atoms with Crippen LogP contribution < -0.4 is 10.2 Å². The van der Waals surface area contributed by atoms with Gasteiger partial charge in [0, 0.05) is 24.4 Å². The molecule has 0 aromatic heterocycles. The van der Waals surface area contributed by atoms with Crippen molar-refractivity contribution in [1.29, 1.82) is 0 Å². The zero-order chi connectivity index (χ0) is 14.6. The second-order valence-corrected chi connectivity index (χ2v) is 6.51. The molecule has 110 valence electrons. The molecular formula is C12H17N3O4S. The molecule has 20 heavy (non-hydrogen) atoms. The first-order valence-corrected chi connectivity index (χ1v) is 7.74. The van der Waals surface area contributed by atoms with E-state index in [0.29, 0.717) is 31.7 Å². The molecule has 7 nitrogen and oxygen atoms in total. The van der Waals surface area contributed by atoms with Crippen molar-refractivity contribution in [2.24, 2.45) is 5.29 Å². The monoisotopic (exact) mass is 299 g/mol. The second kappa shape index (κ2) is 6.19. The van der Waals surface area contributed by atoms with Crippen LogP contribution in [0.25, 0.3) is 0 Å². The predicted molar refractivity (Wildman–Crippen MR) is 73.7 cm³/mol. The number of sulfonamides is 1. The first-order chi connectivity index (χ1) is 9.57. The zero-order valence-electron chi connectivity index (χ0n) is 11.2. The van der Waals surface area contributed by atoms with Gasteiger partial charge in [0.15, 0.2) is 0 Å². The second-order valence-electron chi connectivity index (χ2n) is 4.57. The van der Waals surface area contributed by atoms with Crippen LogP contribution in [0.5, 0.6) is 5.75 Å². The van der Waals surface area contributed by atoms with Gasteiger partial charge in [-0.1, -0.05) is 0 Å². The molecule has 1 aromatic rings. The zero-order valence-corrected chi connectivity index (χ0v) is 12.0. The summed E-state index contributed by atoms with van der Waals surface area (Å²) in [4.78, 5) is 10.4.